The summed E-state index contributed by atoms with van der Waals surface area (Å²) in [4.78, 5) is 27.2. The quantitative estimate of drug-likeness (QED) is 0.504. The number of amides is 2. The SMILES string of the molecule is CCOc1ccc(S(=O)(=O)N(CC(=O)N2Cc3ccccc3CC2C(N)=O)c2ccc(C)cc2)cc1. The van der Waals surface area contributed by atoms with Crippen LogP contribution in [0.15, 0.2) is 77.7 Å². The molecule has 1 aliphatic heterocycles. The van der Waals surface area contributed by atoms with Gasteiger partial charge in [0.25, 0.3) is 10.0 Å². The maximum absolute atomic E-state index is 13.7. The predicted octanol–water partition coefficient (Wildman–Crippen LogP) is 3.03. The van der Waals surface area contributed by atoms with Crippen molar-refractivity contribution >= 4 is 27.5 Å². The fourth-order valence-corrected chi connectivity index (χ4v) is 5.69. The Balaban J connectivity index is 1.69. The Hall–Kier alpha value is -3.85. The second-order valence-electron chi connectivity index (χ2n) is 8.66. The highest BCUT2D eigenvalue weighted by molar-refractivity contribution is 7.92. The monoisotopic (exact) mass is 507 g/mol. The van der Waals surface area contributed by atoms with Gasteiger partial charge in [-0.15, -0.1) is 0 Å². The summed E-state index contributed by atoms with van der Waals surface area (Å²) in [6.45, 7) is 3.88. The Kier molecular flexibility index (Phi) is 7.30. The highest BCUT2D eigenvalue weighted by atomic mass is 32.2. The van der Waals surface area contributed by atoms with E-state index in [1.54, 1.807) is 36.4 Å². The van der Waals surface area contributed by atoms with Crippen molar-refractivity contribution in [3.05, 3.63) is 89.5 Å². The van der Waals surface area contributed by atoms with Crippen molar-refractivity contribution in [3.63, 3.8) is 0 Å². The van der Waals surface area contributed by atoms with E-state index in [-0.39, 0.29) is 17.9 Å². The van der Waals surface area contributed by atoms with Gasteiger partial charge >= 0.3 is 0 Å². The lowest BCUT2D eigenvalue weighted by Gasteiger charge is -2.36. The molecule has 0 radical (unpaired) electrons. The fourth-order valence-electron chi connectivity index (χ4n) is 4.28. The van der Waals surface area contributed by atoms with Crippen molar-refractivity contribution < 1.29 is 22.7 Å². The van der Waals surface area contributed by atoms with Crippen molar-refractivity contribution in [2.75, 3.05) is 17.5 Å². The molecule has 0 fully saturated rings. The summed E-state index contributed by atoms with van der Waals surface area (Å²) in [6.07, 6.45) is 0.285. The van der Waals surface area contributed by atoms with Gasteiger partial charge in [-0.05, 0) is 61.4 Å². The number of aryl methyl sites for hydroxylation is 1. The van der Waals surface area contributed by atoms with E-state index in [9.17, 15) is 18.0 Å². The Labute approximate surface area is 211 Å². The van der Waals surface area contributed by atoms with E-state index >= 15 is 0 Å². The number of ether oxygens (including phenoxy) is 1. The Morgan fingerprint density at radius 3 is 2.25 bits per heavy atom. The minimum Gasteiger partial charge on any atom is -0.494 e. The normalized spacial score (nSPS) is 15.2. The largest absolute Gasteiger partial charge is 0.494 e. The third kappa shape index (κ3) is 5.21. The van der Waals surface area contributed by atoms with E-state index < -0.39 is 34.4 Å². The van der Waals surface area contributed by atoms with Crippen LogP contribution < -0.4 is 14.8 Å². The van der Waals surface area contributed by atoms with Crippen LogP contribution in [0.3, 0.4) is 0 Å². The lowest BCUT2D eigenvalue weighted by molar-refractivity contribution is -0.139. The highest BCUT2D eigenvalue weighted by Gasteiger charge is 2.36. The summed E-state index contributed by atoms with van der Waals surface area (Å²) < 4.78 is 34.0. The zero-order chi connectivity index (χ0) is 25.9. The number of nitrogens with two attached hydrogens (primary N) is 1. The van der Waals surface area contributed by atoms with E-state index in [0.29, 0.717) is 18.0 Å². The van der Waals surface area contributed by atoms with E-state index in [2.05, 4.69) is 0 Å². The molecule has 188 valence electrons. The third-order valence-electron chi connectivity index (χ3n) is 6.22. The van der Waals surface area contributed by atoms with Crippen LogP contribution in [0.25, 0.3) is 0 Å². The first kappa shape index (κ1) is 25.2. The lowest BCUT2D eigenvalue weighted by Crippen LogP contribution is -2.54. The van der Waals surface area contributed by atoms with Crippen LogP contribution in [0.1, 0.15) is 23.6 Å². The first-order valence-electron chi connectivity index (χ1n) is 11.7. The Bertz CT molecular complexity index is 1350. The third-order valence-corrected chi connectivity index (χ3v) is 8.01. The van der Waals surface area contributed by atoms with Crippen LogP contribution in [0.2, 0.25) is 0 Å². The molecule has 2 amide bonds. The topological polar surface area (TPSA) is 110 Å². The van der Waals surface area contributed by atoms with Gasteiger partial charge in [0.05, 0.1) is 17.2 Å². The number of primary amides is 1. The molecule has 1 unspecified atom stereocenters. The number of hydrogen-bond donors (Lipinski definition) is 1. The van der Waals surface area contributed by atoms with E-state index in [4.69, 9.17) is 10.5 Å². The Morgan fingerprint density at radius 2 is 1.64 bits per heavy atom. The number of carbonyl (C=O) groups is 2. The number of nitrogens with zero attached hydrogens (tertiary/aromatic N) is 2. The molecule has 8 nitrogen and oxygen atoms in total. The molecule has 9 heteroatoms. The van der Waals surface area contributed by atoms with Crippen molar-refractivity contribution in [2.24, 2.45) is 5.73 Å². The molecule has 1 heterocycles. The lowest BCUT2D eigenvalue weighted by atomic mass is 9.93. The summed E-state index contributed by atoms with van der Waals surface area (Å²) in [5, 5.41) is 0. The molecule has 0 spiro atoms. The second-order valence-corrected chi connectivity index (χ2v) is 10.5. The van der Waals surface area contributed by atoms with Crippen LogP contribution in [-0.4, -0.2) is 44.3 Å². The maximum Gasteiger partial charge on any atom is 0.264 e. The zero-order valence-electron chi connectivity index (χ0n) is 20.3. The number of hydrogen-bond acceptors (Lipinski definition) is 5. The minimum atomic E-state index is -4.12. The first-order valence-corrected chi connectivity index (χ1v) is 13.1. The summed E-state index contributed by atoms with van der Waals surface area (Å²) in [5.74, 6) is -0.594. The molecule has 3 aromatic rings. The Morgan fingerprint density at radius 1 is 1.00 bits per heavy atom. The average Bonchev–Trinajstić information content (AvgIpc) is 2.87. The standard InChI is InChI=1S/C27H29N3O5S/c1-3-35-23-12-14-24(15-13-23)36(33,34)30(22-10-8-19(2)9-11-22)18-26(31)29-17-21-7-5-4-6-20(21)16-25(29)27(28)32/h4-15,25H,3,16-18H2,1-2H3,(H2,28,32). The van der Waals surface area contributed by atoms with Crippen molar-refractivity contribution in [2.45, 2.75) is 37.8 Å². The molecule has 0 aliphatic carbocycles. The molecule has 0 saturated heterocycles. The molecule has 1 aliphatic rings. The van der Waals surface area contributed by atoms with Gasteiger partial charge in [-0.2, -0.15) is 0 Å². The summed E-state index contributed by atoms with van der Waals surface area (Å²) in [7, 11) is -4.12. The van der Waals surface area contributed by atoms with Gasteiger partial charge in [0.15, 0.2) is 0 Å². The van der Waals surface area contributed by atoms with Gasteiger partial charge in [-0.3, -0.25) is 13.9 Å². The molecule has 3 aromatic carbocycles. The highest BCUT2D eigenvalue weighted by Crippen LogP contribution is 2.28. The van der Waals surface area contributed by atoms with E-state index in [1.165, 1.54) is 17.0 Å². The maximum atomic E-state index is 13.7. The molecular weight excluding hydrogens is 478 g/mol. The van der Waals surface area contributed by atoms with Crippen LogP contribution in [-0.2, 0) is 32.6 Å². The molecule has 4 rings (SSSR count). The van der Waals surface area contributed by atoms with Crippen LogP contribution in [0.5, 0.6) is 5.75 Å². The van der Waals surface area contributed by atoms with E-state index in [0.717, 1.165) is 21.0 Å². The molecule has 1 atom stereocenters. The average molecular weight is 508 g/mol. The number of carbonyl (C=O) groups excluding carboxylic acids is 2. The predicted molar refractivity (Wildman–Crippen MR) is 137 cm³/mol. The van der Waals surface area contributed by atoms with Gasteiger partial charge in [0, 0.05) is 13.0 Å². The molecule has 0 bridgehead atoms. The van der Waals surface area contributed by atoms with Gasteiger partial charge in [0.1, 0.15) is 18.3 Å². The van der Waals surface area contributed by atoms with Gasteiger partial charge < -0.3 is 15.4 Å². The van der Waals surface area contributed by atoms with Gasteiger partial charge in [0.2, 0.25) is 11.8 Å². The fraction of sp³-hybridized carbons (Fsp3) is 0.259. The van der Waals surface area contributed by atoms with Crippen LogP contribution in [0.4, 0.5) is 5.69 Å². The number of benzene rings is 3. The minimum absolute atomic E-state index is 0.0229. The molecule has 36 heavy (non-hydrogen) atoms. The molecule has 0 aromatic heterocycles. The molecule has 0 saturated carbocycles. The smallest absolute Gasteiger partial charge is 0.264 e. The van der Waals surface area contributed by atoms with Crippen molar-refractivity contribution in [1.82, 2.24) is 4.90 Å². The van der Waals surface area contributed by atoms with Gasteiger partial charge in [-0.25, -0.2) is 8.42 Å². The zero-order valence-corrected chi connectivity index (χ0v) is 21.1. The summed E-state index contributed by atoms with van der Waals surface area (Å²) >= 11 is 0. The van der Waals surface area contributed by atoms with Gasteiger partial charge in [-0.1, -0.05) is 42.0 Å². The van der Waals surface area contributed by atoms with Crippen molar-refractivity contribution in [3.8, 4) is 5.75 Å². The van der Waals surface area contributed by atoms with Crippen LogP contribution in [0, 0.1) is 6.92 Å². The number of fused-ring (bicyclic) bond motifs is 1. The summed E-state index contributed by atoms with van der Waals surface area (Å²) in [6, 6.07) is 19.6. The molecular formula is C27H29N3O5S. The summed E-state index contributed by atoms with van der Waals surface area (Å²) in [5.41, 5.74) is 8.79. The number of sulfonamides is 1. The number of anilines is 1. The number of rotatable bonds is 8. The second kappa shape index (κ2) is 10.4. The van der Waals surface area contributed by atoms with Crippen molar-refractivity contribution in [1.29, 1.82) is 0 Å². The van der Waals surface area contributed by atoms with E-state index in [1.807, 2.05) is 38.1 Å². The first-order chi connectivity index (χ1) is 17.2. The van der Waals surface area contributed by atoms with Crippen LogP contribution >= 0.6 is 0 Å². The molecule has 2 N–H and O–H groups in total.